The predicted octanol–water partition coefficient (Wildman–Crippen LogP) is 4.49. The number of amides is 1. The summed E-state index contributed by atoms with van der Waals surface area (Å²) in [4.78, 5) is 11.9. The zero-order valence-corrected chi connectivity index (χ0v) is 14.4. The van der Waals surface area contributed by atoms with Gasteiger partial charge in [0.05, 0.1) is 11.8 Å². The first-order chi connectivity index (χ1) is 11.1. The highest BCUT2D eigenvalue weighted by atomic mass is 79.9. The summed E-state index contributed by atoms with van der Waals surface area (Å²) in [6, 6.07) is 18.1. The summed E-state index contributed by atoms with van der Waals surface area (Å²) in [7, 11) is 0. The highest BCUT2D eigenvalue weighted by Gasteiger charge is 2.27. The molecule has 23 heavy (non-hydrogen) atoms. The fourth-order valence-electron chi connectivity index (χ4n) is 2.59. The highest BCUT2D eigenvalue weighted by Crippen LogP contribution is 2.23. The number of hydrazone groups is 1. The van der Waals surface area contributed by atoms with E-state index in [1.165, 1.54) is 0 Å². The minimum absolute atomic E-state index is 0.0358. The van der Waals surface area contributed by atoms with Gasteiger partial charge in [0, 0.05) is 17.8 Å². The number of carbonyl (C=O) groups is 1. The van der Waals surface area contributed by atoms with E-state index in [0.717, 1.165) is 27.7 Å². The first-order valence-electron chi connectivity index (χ1n) is 7.50. The number of nitrogens with zero attached hydrogens (tertiary/aromatic N) is 2. The molecule has 2 aromatic rings. The lowest BCUT2D eigenvalue weighted by Gasteiger charge is -2.16. The second kappa shape index (κ2) is 6.92. The highest BCUT2D eigenvalue weighted by molar-refractivity contribution is 9.10. The van der Waals surface area contributed by atoms with Crippen molar-refractivity contribution in [1.82, 2.24) is 5.01 Å². The fourth-order valence-corrected chi connectivity index (χ4v) is 2.85. The van der Waals surface area contributed by atoms with Crippen LogP contribution in [0.4, 0.5) is 0 Å². The maximum absolute atomic E-state index is 11.9. The van der Waals surface area contributed by atoms with E-state index in [0.29, 0.717) is 0 Å². The van der Waals surface area contributed by atoms with Crippen LogP contribution in [0, 0.1) is 0 Å². The smallest absolute Gasteiger partial charge is 0.240 e. The minimum atomic E-state index is -0.0418. The van der Waals surface area contributed by atoms with Crippen LogP contribution >= 0.6 is 15.9 Å². The third-order valence-corrected chi connectivity index (χ3v) is 4.28. The summed E-state index contributed by atoms with van der Waals surface area (Å²) in [6.07, 6.45) is 4.82. The van der Waals surface area contributed by atoms with E-state index in [4.69, 9.17) is 0 Å². The molecule has 1 aliphatic rings. The molecule has 0 bridgehead atoms. The first-order valence-corrected chi connectivity index (χ1v) is 8.29. The molecular formula is C19H17BrN2O. The van der Waals surface area contributed by atoms with E-state index in [1.54, 1.807) is 11.9 Å². The van der Waals surface area contributed by atoms with Crippen molar-refractivity contribution in [2.24, 2.45) is 5.10 Å². The Bertz CT molecular complexity index is 751. The predicted molar refractivity (Wildman–Crippen MR) is 97.1 cm³/mol. The second-order valence-electron chi connectivity index (χ2n) is 5.46. The van der Waals surface area contributed by atoms with Crippen molar-refractivity contribution in [3.63, 3.8) is 0 Å². The fraction of sp³-hybridized carbons (Fsp3) is 0.158. The molecule has 3 nitrogen and oxygen atoms in total. The van der Waals surface area contributed by atoms with Crippen LogP contribution in [0.2, 0.25) is 0 Å². The Morgan fingerprint density at radius 2 is 1.87 bits per heavy atom. The molecule has 0 saturated carbocycles. The van der Waals surface area contributed by atoms with Crippen molar-refractivity contribution in [3.05, 3.63) is 76.3 Å². The summed E-state index contributed by atoms with van der Waals surface area (Å²) < 4.78 is 1.03. The molecule has 2 aromatic carbocycles. The van der Waals surface area contributed by atoms with Gasteiger partial charge in [0.2, 0.25) is 5.91 Å². The molecule has 0 saturated heterocycles. The summed E-state index contributed by atoms with van der Waals surface area (Å²) in [5.74, 6) is -0.0418. The van der Waals surface area contributed by atoms with Gasteiger partial charge in [-0.25, -0.2) is 5.01 Å². The summed E-state index contributed by atoms with van der Waals surface area (Å²) in [5.41, 5.74) is 3.11. The van der Waals surface area contributed by atoms with Crippen molar-refractivity contribution in [2.75, 3.05) is 0 Å². The van der Waals surface area contributed by atoms with Crippen molar-refractivity contribution in [3.8, 4) is 0 Å². The summed E-state index contributed by atoms with van der Waals surface area (Å²) >= 11 is 3.44. The van der Waals surface area contributed by atoms with Gasteiger partial charge in [-0.2, -0.15) is 5.10 Å². The number of hydrogen-bond donors (Lipinski definition) is 0. The van der Waals surface area contributed by atoms with Gasteiger partial charge in [0.25, 0.3) is 0 Å². The van der Waals surface area contributed by atoms with Crippen molar-refractivity contribution >= 4 is 33.6 Å². The van der Waals surface area contributed by atoms with Crippen LogP contribution in [0.5, 0.6) is 0 Å². The monoisotopic (exact) mass is 368 g/mol. The average molecular weight is 369 g/mol. The third-order valence-electron chi connectivity index (χ3n) is 3.76. The first kappa shape index (κ1) is 15.7. The molecular weight excluding hydrogens is 352 g/mol. The molecule has 3 rings (SSSR count). The van der Waals surface area contributed by atoms with Crippen LogP contribution in [-0.2, 0) is 4.79 Å². The standard InChI is InChI=1S/C19H17BrN2O/c1-14(23)22-18(12-7-15-5-3-2-4-6-15)13-19(21-22)16-8-10-17(20)11-9-16/h2-12,18H,13H2,1H3/b12-7+. The molecule has 0 radical (unpaired) electrons. The maximum Gasteiger partial charge on any atom is 0.240 e. The van der Waals surface area contributed by atoms with Gasteiger partial charge in [-0.05, 0) is 23.3 Å². The molecule has 116 valence electrons. The van der Waals surface area contributed by atoms with Gasteiger partial charge < -0.3 is 0 Å². The Balaban J connectivity index is 1.81. The molecule has 0 spiro atoms. The summed E-state index contributed by atoms with van der Waals surface area (Å²) in [6.45, 7) is 1.55. The van der Waals surface area contributed by atoms with Gasteiger partial charge in [0.1, 0.15) is 0 Å². The molecule has 0 aromatic heterocycles. The quantitative estimate of drug-likeness (QED) is 0.785. The number of halogens is 1. The molecule has 0 aliphatic carbocycles. The molecule has 0 N–H and O–H groups in total. The van der Waals surface area contributed by atoms with E-state index in [2.05, 4.69) is 21.0 Å². The molecule has 4 heteroatoms. The molecule has 1 amide bonds. The molecule has 1 aliphatic heterocycles. The van der Waals surface area contributed by atoms with Gasteiger partial charge in [-0.1, -0.05) is 70.5 Å². The molecule has 1 atom stereocenters. The second-order valence-corrected chi connectivity index (χ2v) is 6.37. The normalized spacial score (nSPS) is 17.6. The minimum Gasteiger partial charge on any atom is -0.273 e. The topological polar surface area (TPSA) is 32.7 Å². The zero-order valence-electron chi connectivity index (χ0n) is 12.8. The lowest BCUT2D eigenvalue weighted by atomic mass is 10.0. The van der Waals surface area contributed by atoms with Crippen molar-refractivity contribution in [2.45, 2.75) is 19.4 Å². The van der Waals surface area contributed by atoms with Gasteiger partial charge >= 0.3 is 0 Å². The Morgan fingerprint density at radius 1 is 1.17 bits per heavy atom. The average Bonchev–Trinajstić information content (AvgIpc) is 2.99. The van der Waals surface area contributed by atoms with Crippen LogP contribution in [0.15, 0.2) is 70.2 Å². The van der Waals surface area contributed by atoms with Crippen LogP contribution in [0.25, 0.3) is 6.08 Å². The third kappa shape index (κ3) is 3.77. The van der Waals surface area contributed by atoms with E-state index in [1.807, 2.05) is 66.7 Å². The van der Waals surface area contributed by atoms with Crippen LogP contribution in [0.1, 0.15) is 24.5 Å². The van der Waals surface area contributed by atoms with Crippen LogP contribution in [-0.4, -0.2) is 22.7 Å². The van der Waals surface area contributed by atoms with Crippen molar-refractivity contribution in [1.29, 1.82) is 0 Å². The Hall–Kier alpha value is -2.20. The molecule has 1 heterocycles. The number of carbonyl (C=O) groups excluding carboxylic acids is 1. The Kier molecular flexibility index (Phi) is 4.72. The van der Waals surface area contributed by atoms with Gasteiger partial charge in [0.15, 0.2) is 0 Å². The van der Waals surface area contributed by atoms with Crippen LogP contribution < -0.4 is 0 Å². The lowest BCUT2D eigenvalue weighted by Crippen LogP contribution is -2.29. The summed E-state index contributed by atoms with van der Waals surface area (Å²) in [5, 5.41) is 6.08. The van der Waals surface area contributed by atoms with Gasteiger partial charge in [-0.15, -0.1) is 0 Å². The van der Waals surface area contributed by atoms with E-state index < -0.39 is 0 Å². The van der Waals surface area contributed by atoms with Gasteiger partial charge in [-0.3, -0.25) is 4.79 Å². The Morgan fingerprint density at radius 3 is 2.52 bits per heavy atom. The lowest BCUT2D eigenvalue weighted by molar-refractivity contribution is -0.129. The van der Waals surface area contributed by atoms with E-state index >= 15 is 0 Å². The van der Waals surface area contributed by atoms with E-state index in [-0.39, 0.29) is 11.9 Å². The van der Waals surface area contributed by atoms with Crippen molar-refractivity contribution < 1.29 is 4.79 Å². The number of rotatable bonds is 3. The SMILES string of the molecule is CC(=O)N1N=C(c2ccc(Br)cc2)CC1/C=C/c1ccccc1. The molecule has 1 unspecified atom stereocenters. The zero-order chi connectivity index (χ0) is 16.2. The largest absolute Gasteiger partial charge is 0.273 e. The molecule has 0 fully saturated rings. The number of benzene rings is 2. The maximum atomic E-state index is 11.9. The van der Waals surface area contributed by atoms with Crippen LogP contribution in [0.3, 0.4) is 0 Å². The van der Waals surface area contributed by atoms with E-state index in [9.17, 15) is 4.79 Å². The Labute approximate surface area is 144 Å². The number of hydrogen-bond acceptors (Lipinski definition) is 2.